The Balaban J connectivity index is 0.000000752. The molecule has 3 unspecified atom stereocenters. The van der Waals surface area contributed by atoms with Gasteiger partial charge in [-0.05, 0) is 45.4 Å². The summed E-state index contributed by atoms with van der Waals surface area (Å²) in [4.78, 5) is 8.82. The zero-order chi connectivity index (χ0) is 22.9. The summed E-state index contributed by atoms with van der Waals surface area (Å²) in [5, 5.41) is 26.6. The third-order valence-corrected chi connectivity index (χ3v) is 5.30. The normalized spacial score (nSPS) is 20.8. The van der Waals surface area contributed by atoms with Crippen molar-refractivity contribution >= 4 is 34.4 Å². The molecule has 6 nitrogen and oxygen atoms in total. The van der Waals surface area contributed by atoms with Crippen LogP contribution in [0.5, 0.6) is 0 Å². The van der Waals surface area contributed by atoms with E-state index in [0.29, 0.717) is 33.6 Å². The Hall–Kier alpha value is -0.920. The summed E-state index contributed by atoms with van der Waals surface area (Å²) in [5.41, 5.74) is 2.20. The lowest BCUT2D eigenvalue weighted by atomic mass is 10.00. The van der Waals surface area contributed by atoms with Gasteiger partial charge in [-0.2, -0.15) is 0 Å². The van der Waals surface area contributed by atoms with Gasteiger partial charge >= 0.3 is 0 Å². The largest absolute Gasteiger partial charge is 0.396 e. The third kappa shape index (κ3) is 8.02. The molecule has 29 heavy (non-hydrogen) atoms. The highest BCUT2D eigenvalue weighted by Crippen LogP contribution is 2.41. The highest BCUT2D eigenvalue weighted by Gasteiger charge is 2.33. The van der Waals surface area contributed by atoms with Crippen LogP contribution in [0.15, 0.2) is 6.33 Å². The first-order valence-electron chi connectivity index (χ1n) is 10.3. The molecule has 0 saturated heterocycles. The predicted octanol–water partition coefficient (Wildman–Crippen LogP) is 5.39. The van der Waals surface area contributed by atoms with Gasteiger partial charge in [-0.25, -0.2) is 9.97 Å². The Labute approximate surface area is 184 Å². The van der Waals surface area contributed by atoms with Crippen LogP contribution in [0.25, 0.3) is 11.2 Å². The lowest BCUT2D eigenvalue weighted by Gasteiger charge is -2.13. The Morgan fingerprint density at radius 2 is 1.66 bits per heavy atom. The second-order valence-electron chi connectivity index (χ2n) is 7.21. The first kappa shape index (κ1) is 28.1. The fourth-order valence-corrected chi connectivity index (χ4v) is 3.56. The number of hydrogen-bond acceptors (Lipinski definition) is 5. The van der Waals surface area contributed by atoms with E-state index in [1.54, 1.807) is 6.33 Å². The maximum Gasteiger partial charge on any atom is 0.163 e. The molecule has 3 atom stereocenters. The molecular weight excluding hydrogens is 413 g/mol. The SMILES string of the molecule is CC.CC.CC(C)(O)O.Cc1c(Cl)nc2c(ncn2C2CC(C)C(CO)C2)c1Cl. The number of imidazole rings is 1. The number of aliphatic hydroxyl groups is 3. The predicted molar refractivity (Wildman–Crippen MR) is 122 cm³/mol. The van der Waals surface area contributed by atoms with Crippen molar-refractivity contribution in [2.24, 2.45) is 11.8 Å². The molecule has 8 heteroatoms. The standard InChI is InChI=1S/C14H17Cl2N3O.C3H8O2.2C2H6/c1-7-3-10(4-9(7)5-20)19-6-17-12-11(15)8(2)13(16)18-14(12)19;1-3(2,4)5;2*1-2/h6-7,9-10,20H,3-5H2,1-2H3;4-5H,1-2H3;2*1-2H3. The molecule has 3 N–H and O–H groups in total. The number of fused-ring (bicyclic) bond motifs is 1. The highest BCUT2D eigenvalue weighted by molar-refractivity contribution is 6.38. The molecule has 0 aliphatic heterocycles. The third-order valence-electron chi connectivity index (χ3n) is 4.47. The van der Waals surface area contributed by atoms with Crippen LogP contribution in [0.4, 0.5) is 0 Å². The van der Waals surface area contributed by atoms with E-state index in [2.05, 4.69) is 21.5 Å². The van der Waals surface area contributed by atoms with Gasteiger partial charge in [0, 0.05) is 18.2 Å². The van der Waals surface area contributed by atoms with Crippen LogP contribution >= 0.6 is 23.2 Å². The first-order chi connectivity index (χ1) is 13.5. The van der Waals surface area contributed by atoms with Gasteiger partial charge in [0.05, 0.1) is 11.3 Å². The monoisotopic (exact) mass is 449 g/mol. The summed E-state index contributed by atoms with van der Waals surface area (Å²) in [5.74, 6) is -0.660. The Bertz CT molecular complexity index is 739. The van der Waals surface area contributed by atoms with Gasteiger partial charge in [0.15, 0.2) is 11.4 Å². The fraction of sp³-hybridized carbons (Fsp3) is 0.714. The van der Waals surface area contributed by atoms with Crippen LogP contribution in [-0.2, 0) is 0 Å². The van der Waals surface area contributed by atoms with Gasteiger partial charge in [0.1, 0.15) is 10.7 Å². The van der Waals surface area contributed by atoms with Crippen molar-refractivity contribution in [3.8, 4) is 0 Å². The van der Waals surface area contributed by atoms with Crippen LogP contribution in [0.2, 0.25) is 10.2 Å². The summed E-state index contributed by atoms with van der Waals surface area (Å²) in [6.07, 6.45) is 3.74. The molecule has 0 amide bonds. The smallest absolute Gasteiger partial charge is 0.163 e. The topological polar surface area (TPSA) is 91.4 Å². The van der Waals surface area contributed by atoms with E-state index in [-0.39, 0.29) is 6.61 Å². The molecule has 1 aliphatic carbocycles. The minimum Gasteiger partial charge on any atom is -0.396 e. The molecule has 1 saturated carbocycles. The minimum atomic E-state index is -1.50. The number of halogens is 2. The van der Waals surface area contributed by atoms with E-state index in [9.17, 15) is 5.11 Å². The van der Waals surface area contributed by atoms with E-state index in [4.69, 9.17) is 33.4 Å². The molecular formula is C21H37Cl2N3O3. The van der Waals surface area contributed by atoms with E-state index >= 15 is 0 Å². The summed E-state index contributed by atoms with van der Waals surface area (Å²) < 4.78 is 2.05. The van der Waals surface area contributed by atoms with Crippen LogP contribution in [0.1, 0.15) is 72.9 Å². The van der Waals surface area contributed by atoms with Gasteiger partial charge in [0.25, 0.3) is 0 Å². The van der Waals surface area contributed by atoms with Crippen molar-refractivity contribution in [1.82, 2.24) is 14.5 Å². The van der Waals surface area contributed by atoms with Crippen molar-refractivity contribution in [2.45, 2.75) is 80.1 Å². The molecule has 2 aromatic rings. The zero-order valence-corrected chi connectivity index (χ0v) is 20.4. The zero-order valence-electron chi connectivity index (χ0n) is 18.9. The van der Waals surface area contributed by atoms with Gasteiger partial charge in [-0.15, -0.1) is 0 Å². The molecule has 0 radical (unpaired) electrons. The second kappa shape index (κ2) is 12.7. The van der Waals surface area contributed by atoms with Gasteiger partial charge in [-0.1, -0.05) is 57.8 Å². The van der Waals surface area contributed by atoms with Crippen molar-refractivity contribution in [3.63, 3.8) is 0 Å². The number of aromatic nitrogens is 3. The summed E-state index contributed by atoms with van der Waals surface area (Å²) in [6.45, 7) is 14.9. The highest BCUT2D eigenvalue weighted by atomic mass is 35.5. The molecule has 0 bridgehead atoms. The number of nitrogens with zero attached hydrogens (tertiary/aromatic N) is 3. The molecule has 0 spiro atoms. The van der Waals surface area contributed by atoms with Crippen molar-refractivity contribution in [1.29, 1.82) is 0 Å². The van der Waals surface area contributed by atoms with Gasteiger partial charge < -0.3 is 19.9 Å². The van der Waals surface area contributed by atoms with Crippen LogP contribution in [0.3, 0.4) is 0 Å². The van der Waals surface area contributed by atoms with Crippen molar-refractivity contribution < 1.29 is 15.3 Å². The number of hydrogen-bond donors (Lipinski definition) is 3. The maximum absolute atomic E-state index is 9.41. The van der Waals surface area contributed by atoms with Crippen molar-refractivity contribution in [2.75, 3.05) is 6.61 Å². The lowest BCUT2D eigenvalue weighted by molar-refractivity contribution is -0.127. The summed E-state index contributed by atoms with van der Waals surface area (Å²) >= 11 is 12.4. The summed E-state index contributed by atoms with van der Waals surface area (Å²) in [6, 6.07) is 0.300. The molecule has 1 fully saturated rings. The van der Waals surface area contributed by atoms with Gasteiger partial charge in [0.2, 0.25) is 0 Å². The average molecular weight is 450 g/mol. The molecule has 0 aromatic carbocycles. The summed E-state index contributed by atoms with van der Waals surface area (Å²) in [7, 11) is 0. The Morgan fingerprint density at radius 1 is 1.14 bits per heavy atom. The Morgan fingerprint density at radius 3 is 2.10 bits per heavy atom. The second-order valence-corrected chi connectivity index (χ2v) is 7.94. The van der Waals surface area contributed by atoms with E-state index in [0.717, 1.165) is 24.1 Å². The Kier molecular flexibility index (Phi) is 12.3. The number of pyridine rings is 1. The van der Waals surface area contributed by atoms with E-state index in [1.165, 1.54) is 13.8 Å². The lowest BCUT2D eigenvalue weighted by Crippen LogP contribution is -2.15. The van der Waals surface area contributed by atoms with Crippen LogP contribution < -0.4 is 0 Å². The van der Waals surface area contributed by atoms with Crippen LogP contribution in [-0.4, -0.2) is 42.2 Å². The minimum absolute atomic E-state index is 0.234. The van der Waals surface area contributed by atoms with E-state index in [1.807, 2.05) is 34.6 Å². The van der Waals surface area contributed by atoms with Gasteiger partial charge in [-0.3, -0.25) is 0 Å². The molecule has 2 aromatic heterocycles. The quantitative estimate of drug-likeness (QED) is 0.422. The molecule has 168 valence electrons. The van der Waals surface area contributed by atoms with E-state index < -0.39 is 5.79 Å². The average Bonchev–Trinajstić information content (AvgIpc) is 3.25. The first-order valence-corrected chi connectivity index (χ1v) is 11.0. The molecule has 1 aliphatic rings. The molecule has 2 heterocycles. The fourth-order valence-electron chi connectivity index (χ4n) is 3.11. The van der Waals surface area contributed by atoms with Crippen LogP contribution in [0, 0.1) is 18.8 Å². The number of rotatable bonds is 2. The maximum atomic E-state index is 9.41. The van der Waals surface area contributed by atoms with Crippen molar-refractivity contribution in [3.05, 3.63) is 22.1 Å². The number of aliphatic hydroxyl groups excluding tert-OH is 1. The molecule has 3 rings (SSSR count).